The second kappa shape index (κ2) is 6.65. The fourth-order valence-electron chi connectivity index (χ4n) is 1.06. The van der Waals surface area contributed by atoms with Crippen molar-refractivity contribution in [3.63, 3.8) is 0 Å². The van der Waals surface area contributed by atoms with Crippen LogP contribution < -0.4 is 16.8 Å². The van der Waals surface area contributed by atoms with E-state index in [1.807, 2.05) is 6.19 Å². The number of H-pyrrole nitrogens is 1. The molecule has 0 fully saturated rings. The first-order valence-corrected chi connectivity index (χ1v) is 6.16. The van der Waals surface area contributed by atoms with Gasteiger partial charge in [-0.05, 0) is 5.26 Å². The Labute approximate surface area is 104 Å². The van der Waals surface area contributed by atoms with Crippen LogP contribution in [-0.2, 0) is 5.75 Å². The molecule has 7 nitrogen and oxygen atoms in total. The number of nitrogens with two attached hydrogens (primary N) is 2. The lowest BCUT2D eigenvalue weighted by atomic mass is 10.6. The van der Waals surface area contributed by atoms with Crippen LogP contribution in [0.25, 0.3) is 0 Å². The third-order valence-electron chi connectivity index (χ3n) is 1.97. The van der Waals surface area contributed by atoms with Crippen LogP contribution in [0.4, 0.5) is 5.95 Å². The molecule has 1 rings (SSSR count). The summed E-state index contributed by atoms with van der Waals surface area (Å²) in [6.07, 6.45) is 3.63. The normalized spacial score (nSPS) is 11.8. The van der Waals surface area contributed by atoms with Gasteiger partial charge in [-0.15, -0.1) is 0 Å². The lowest BCUT2D eigenvalue weighted by Crippen LogP contribution is -2.39. The number of hydrogen-bond donors (Lipinski definition) is 4. The van der Waals surface area contributed by atoms with Crippen molar-refractivity contribution in [3.05, 3.63) is 11.9 Å². The molecule has 17 heavy (non-hydrogen) atoms. The SMILES string of the molecule is C[N+](C#N)=C(N)NCCSCc1cnc(N)[nH]1. The molecule has 0 aliphatic heterocycles. The molecule has 1 heterocycles. The maximum Gasteiger partial charge on any atom is 0.326 e. The largest absolute Gasteiger partial charge is 0.369 e. The molecule has 0 saturated heterocycles. The monoisotopic (exact) mass is 254 g/mol. The molecule has 0 aromatic carbocycles. The molecule has 0 atom stereocenters. The Morgan fingerprint density at radius 2 is 2.53 bits per heavy atom. The van der Waals surface area contributed by atoms with Crippen LogP contribution in [0.2, 0.25) is 0 Å². The minimum absolute atomic E-state index is 0.360. The minimum atomic E-state index is 0.360. The molecule has 8 heteroatoms. The zero-order valence-corrected chi connectivity index (χ0v) is 10.4. The number of nitrogens with zero attached hydrogens (tertiary/aromatic N) is 3. The molecule has 0 aliphatic carbocycles. The predicted octanol–water partition coefficient (Wildman–Crippen LogP) is -0.747. The zero-order valence-electron chi connectivity index (χ0n) is 9.60. The summed E-state index contributed by atoms with van der Waals surface area (Å²) in [5.41, 5.74) is 12.0. The Bertz CT molecular complexity index is 431. The van der Waals surface area contributed by atoms with E-state index in [1.165, 1.54) is 4.58 Å². The summed E-state index contributed by atoms with van der Waals surface area (Å²) in [4.78, 5) is 6.85. The highest BCUT2D eigenvalue weighted by Crippen LogP contribution is 2.09. The number of rotatable bonds is 5. The number of aromatic nitrogens is 2. The van der Waals surface area contributed by atoms with E-state index in [1.54, 1.807) is 25.0 Å². The van der Waals surface area contributed by atoms with Gasteiger partial charge in [0.1, 0.15) is 0 Å². The quantitative estimate of drug-likeness (QED) is 0.137. The summed E-state index contributed by atoms with van der Waals surface area (Å²) < 4.78 is 1.28. The first-order valence-electron chi connectivity index (χ1n) is 5.00. The fraction of sp³-hybridized carbons (Fsp3) is 0.444. The number of imidazole rings is 1. The molecular weight excluding hydrogens is 238 g/mol. The fourth-order valence-corrected chi connectivity index (χ4v) is 1.81. The molecule has 6 N–H and O–H groups in total. The number of anilines is 1. The maximum absolute atomic E-state index is 8.57. The van der Waals surface area contributed by atoms with Crippen molar-refractivity contribution >= 4 is 23.7 Å². The number of nitrogen functional groups attached to an aromatic ring is 1. The highest BCUT2D eigenvalue weighted by atomic mass is 32.2. The molecule has 1 aromatic heterocycles. The molecule has 0 spiro atoms. The second-order valence-corrected chi connectivity index (χ2v) is 4.42. The number of aromatic amines is 1. The molecule has 0 unspecified atom stereocenters. The molecular formula is C9H16N7S+. The van der Waals surface area contributed by atoms with Crippen LogP contribution in [0, 0.1) is 11.5 Å². The second-order valence-electron chi connectivity index (χ2n) is 3.32. The Morgan fingerprint density at radius 1 is 1.76 bits per heavy atom. The van der Waals surface area contributed by atoms with E-state index in [0.717, 1.165) is 17.2 Å². The van der Waals surface area contributed by atoms with Crippen LogP contribution in [0.15, 0.2) is 6.20 Å². The first kappa shape index (κ1) is 13.2. The lowest BCUT2D eigenvalue weighted by Gasteiger charge is -2.01. The average molecular weight is 254 g/mol. The predicted molar refractivity (Wildman–Crippen MR) is 68.2 cm³/mol. The van der Waals surface area contributed by atoms with Crippen molar-refractivity contribution in [3.8, 4) is 6.19 Å². The molecule has 1 aromatic rings. The van der Waals surface area contributed by atoms with Crippen molar-refractivity contribution in [2.75, 3.05) is 25.1 Å². The summed E-state index contributed by atoms with van der Waals surface area (Å²) in [6, 6.07) is 0. The van der Waals surface area contributed by atoms with Gasteiger partial charge in [-0.1, -0.05) is 0 Å². The number of hydrogen-bond acceptors (Lipinski definition) is 4. The van der Waals surface area contributed by atoms with Crippen molar-refractivity contribution < 1.29 is 4.58 Å². The third kappa shape index (κ3) is 4.65. The molecule has 0 saturated carbocycles. The Morgan fingerprint density at radius 3 is 3.12 bits per heavy atom. The molecule has 0 radical (unpaired) electrons. The van der Waals surface area contributed by atoms with Crippen LogP contribution >= 0.6 is 11.8 Å². The standard InChI is InChI=1S/C9H15N7S/c1-16(6-10)9(12)13-2-3-17-5-7-4-14-8(11)15-7/h4H,2-3,5H2,1H3,(H5,11,12,13,14,15)/p+1. The lowest BCUT2D eigenvalue weighted by molar-refractivity contribution is -0.406. The maximum atomic E-state index is 8.57. The van der Waals surface area contributed by atoms with Crippen molar-refractivity contribution in [2.24, 2.45) is 5.73 Å². The Balaban J connectivity index is 2.16. The summed E-state index contributed by atoms with van der Waals surface area (Å²) >= 11 is 1.72. The van der Waals surface area contributed by atoms with Gasteiger partial charge in [0.2, 0.25) is 0 Å². The van der Waals surface area contributed by atoms with E-state index >= 15 is 0 Å². The van der Waals surface area contributed by atoms with Gasteiger partial charge in [0.25, 0.3) is 0 Å². The number of nitriles is 1. The van der Waals surface area contributed by atoms with Crippen molar-refractivity contribution in [1.29, 1.82) is 5.26 Å². The first-order chi connectivity index (χ1) is 8.13. The third-order valence-corrected chi connectivity index (χ3v) is 2.98. The zero-order chi connectivity index (χ0) is 12.7. The number of nitrogens with one attached hydrogen (secondary N) is 2. The van der Waals surface area contributed by atoms with Crippen LogP contribution in [0.3, 0.4) is 0 Å². The van der Waals surface area contributed by atoms with E-state index in [4.69, 9.17) is 16.7 Å². The van der Waals surface area contributed by atoms with E-state index in [-0.39, 0.29) is 0 Å². The highest BCUT2D eigenvalue weighted by Gasteiger charge is 2.01. The van der Waals surface area contributed by atoms with Gasteiger partial charge >= 0.3 is 12.2 Å². The van der Waals surface area contributed by atoms with Gasteiger partial charge in [-0.25, -0.2) is 4.98 Å². The van der Waals surface area contributed by atoms with Gasteiger partial charge in [-0.3, -0.25) is 5.32 Å². The summed E-state index contributed by atoms with van der Waals surface area (Å²) in [6.45, 7) is 0.701. The van der Waals surface area contributed by atoms with Gasteiger partial charge in [-0.2, -0.15) is 16.3 Å². The summed E-state index contributed by atoms with van der Waals surface area (Å²) in [5, 5.41) is 11.5. The van der Waals surface area contributed by atoms with Gasteiger partial charge in [0, 0.05) is 17.2 Å². The van der Waals surface area contributed by atoms with E-state index in [9.17, 15) is 0 Å². The smallest absolute Gasteiger partial charge is 0.326 e. The van der Waals surface area contributed by atoms with E-state index < -0.39 is 0 Å². The minimum Gasteiger partial charge on any atom is -0.369 e. The average Bonchev–Trinajstić information content (AvgIpc) is 2.73. The molecule has 0 amide bonds. The van der Waals surface area contributed by atoms with Gasteiger partial charge in [0.15, 0.2) is 5.95 Å². The highest BCUT2D eigenvalue weighted by molar-refractivity contribution is 7.98. The van der Waals surface area contributed by atoms with Crippen LogP contribution in [0.5, 0.6) is 0 Å². The molecule has 0 aliphatic rings. The Kier molecular flexibility index (Phi) is 5.16. The summed E-state index contributed by atoms with van der Waals surface area (Å²) in [7, 11) is 1.60. The van der Waals surface area contributed by atoms with Crippen molar-refractivity contribution in [1.82, 2.24) is 15.3 Å². The van der Waals surface area contributed by atoms with Crippen LogP contribution in [0.1, 0.15) is 5.69 Å². The number of thioether (sulfide) groups is 1. The summed E-state index contributed by atoms with van der Waals surface area (Å²) in [5.74, 6) is 2.49. The number of guanidine groups is 1. The Hall–Kier alpha value is -1.88. The molecule has 92 valence electrons. The topological polar surface area (TPSA) is 120 Å². The van der Waals surface area contributed by atoms with E-state index in [2.05, 4.69) is 15.3 Å². The van der Waals surface area contributed by atoms with Gasteiger partial charge in [0.05, 0.1) is 19.8 Å². The molecule has 0 bridgehead atoms. The van der Waals surface area contributed by atoms with Crippen molar-refractivity contribution in [2.45, 2.75) is 5.75 Å². The van der Waals surface area contributed by atoms with Gasteiger partial charge < -0.3 is 16.5 Å². The van der Waals surface area contributed by atoms with Crippen LogP contribution in [-0.4, -0.2) is 39.8 Å². The van der Waals surface area contributed by atoms with E-state index in [0.29, 0.717) is 18.5 Å².